The van der Waals surface area contributed by atoms with Gasteiger partial charge in [-0.15, -0.1) is 0 Å². The van der Waals surface area contributed by atoms with Gasteiger partial charge in [0.2, 0.25) is 0 Å². The molecule has 0 aliphatic heterocycles. The van der Waals surface area contributed by atoms with E-state index in [0.29, 0.717) is 0 Å². The molecule has 0 radical (unpaired) electrons. The quantitative estimate of drug-likeness (QED) is 0.684. The molecule has 2 heterocycles. The van der Waals surface area contributed by atoms with Gasteiger partial charge in [0.05, 0.1) is 0 Å². The maximum absolute atomic E-state index is 6.10. The van der Waals surface area contributed by atoms with Crippen molar-refractivity contribution in [2.75, 3.05) is 11.9 Å². The molecule has 5 heteroatoms. The number of rotatable bonds is 5. The van der Waals surface area contributed by atoms with E-state index in [9.17, 15) is 0 Å². The Kier molecular flexibility index (Phi) is 4.55. The Labute approximate surface area is 147 Å². The molecule has 1 fully saturated rings. The highest BCUT2D eigenvalue weighted by Gasteiger charge is 2.17. The van der Waals surface area contributed by atoms with Gasteiger partial charge < -0.3 is 10.1 Å². The highest BCUT2D eigenvalue weighted by atomic mass is 16.5. The fraction of sp³-hybridized carbons (Fsp3) is 0.400. The Morgan fingerprint density at radius 3 is 2.72 bits per heavy atom. The van der Waals surface area contributed by atoms with Crippen molar-refractivity contribution < 1.29 is 4.74 Å². The SMILES string of the molecule is Cc1ccc(Oc2ccnc3[nH]nc(NCC4CCCCC4)c23)cc1. The minimum absolute atomic E-state index is 0.735. The number of aromatic nitrogens is 3. The van der Waals surface area contributed by atoms with E-state index in [1.165, 1.54) is 37.7 Å². The van der Waals surface area contributed by atoms with E-state index in [2.05, 4.69) is 27.4 Å². The lowest BCUT2D eigenvalue weighted by molar-refractivity contribution is 0.373. The molecule has 1 aromatic carbocycles. The predicted octanol–water partition coefficient (Wildman–Crippen LogP) is 5.05. The number of ether oxygens (including phenoxy) is 1. The zero-order chi connectivity index (χ0) is 17.1. The largest absolute Gasteiger partial charge is 0.456 e. The van der Waals surface area contributed by atoms with Crippen molar-refractivity contribution in [3.05, 3.63) is 42.1 Å². The molecule has 0 bridgehead atoms. The van der Waals surface area contributed by atoms with Crippen LogP contribution in [0, 0.1) is 12.8 Å². The fourth-order valence-corrected chi connectivity index (χ4v) is 3.50. The third-order valence-electron chi connectivity index (χ3n) is 4.95. The van der Waals surface area contributed by atoms with Crippen LogP contribution >= 0.6 is 0 Å². The summed E-state index contributed by atoms with van der Waals surface area (Å²) in [4.78, 5) is 4.37. The van der Waals surface area contributed by atoms with Crippen LogP contribution in [0.3, 0.4) is 0 Å². The number of aromatic amines is 1. The van der Waals surface area contributed by atoms with Gasteiger partial charge in [-0.2, -0.15) is 5.10 Å². The number of benzene rings is 1. The van der Waals surface area contributed by atoms with Crippen molar-refractivity contribution in [2.24, 2.45) is 5.92 Å². The van der Waals surface area contributed by atoms with Crippen molar-refractivity contribution in [1.29, 1.82) is 0 Å². The van der Waals surface area contributed by atoms with Gasteiger partial charge in [-0.25, -0.2) is 4.98 Å². The Morgan fingerprint density at radius 2 is 1.92 bits per heavy atom. The minimum atomic E-state index is 0.735. The third-order valence-corrected chi connectivity index (χ3v) is 4.95. The molecule has 1 saturated carbocycles. The van der Waals surface area contributed by atoms with Crippen LogP contribution in [-0.4, -0.2) is 21.7 Å². The average Bonchev–Trinajstić information content (AvgIpc) is 3.07. The lowest BCUT2D eigenvalue weighted by atomic mass is 9.89. The average molecular weight is 336 g/mol. The summed E-state index contributed by atoms with van der Waals surface area (Å²) in [6, 6.07) is 9.95. The van der Waals surface area contributed by atoms with Gasteiger partial charge in [0.1, 0.15) is 16.9 Å². The molecule has 2 N–H and O–H groups in total. The lowest BCUT2D eigenvalue weighted by Gasteiger charge is -2.21. The maximum atomic E-state index is 6.10. The van der Waals surface area contributed by atoms with Crippen molar-refractivity contribution in [3.63, 3.8) is 0 Å². The summed E-state index contributed by atoms with van der Waals surface area (Å²) in [5.41, 5.74) is 1.96. The molecule has 130 valence electrons. The van der Waals surface area contributed by atoms with Crippen LogP contribution in [0.5, 0.6) is 11.5 Å². The van der Waals surface area contributed by atoms with Crippen molar-refractivity contribution in [3.8, 4) is 11.5 Å². The minimum Gasteiger partial charge on any atom is -0.456 e. The molecule has 0 amide bonds. The van der Waals surface area contributed by atoms with Crippen LogP contribution < -0.4 is 10.1 Å². The van der Waals surface area contributed by atoms with Crippen LogP contribution in [0.4, 0.5) is 5.82 Å². The number of hydrogen-bond acceptors (Lipinski definition) is 4. The van der Waals surface area contributed by atoms with E-state index in [0.717, 1.165) is 40.8 Å². The van der Waals surface area contributed by atoms with Gasteiger partial charge >= 0.3 is 0 Å². The van der Waals surface area contributed by atoms with Gasteiger partial charge in [0.15, 0.2) is 11.5 Å². The van der Waals surface area contributed by atoms with Crippen LogP contribution in [0.15, 0.2) is 36.5 Å². The summed E-state index contributed by atoms with van der Waals surface area (Å²) in [5.74, 6) is 3.15. The highest BCUT2D eigenvalue weighted by molar-refractivity contribution is 5.92. The van der Waals surface area contributed by atoms with Crippen LogP contribution in [0.25, 0.3) is 11.0 Å². The zero-order valence-corrected chi connectivity index (χ0v) is 14.6. The maximum Gasteiger partial charge on any atom is 0.161 e. The number of pyridine rings is 1. The van der Waals surface area contributed by atoms with E-state index >= 15 is 0 Å². The summed E-state index contributed by atoms with van der Waals surface area (Å²) in [5, 5.41) is 11.9. The van der Waals surface area contributed by atoms with Gasteiger partial charge in [-0.1, -0.05) is 37.0 Å². The van der Waals surface area contributed by atoms with E-state index in [1.807, 2.05) is 30.3 Å². The lowest BCUT2D eigenvalue weighted by Crippen LogP contribution is -2.17. The number of H-pyrrole nitrogens is 1. The van der Waals surface area contributed by atoms with Crippen molar-refractivity contribution >= 4 is 16.9 Å². The Morgan fingerprint density at radius 1 is 1.12 bits per heavy atom. The summed E-state index contributed by atoms with van der Waals surface area (Å²) in [6.45, 7) is 3.02. The van der Waals surface area contributed by atoms with Gasteiger partial charge in [-0.3, -0.25) is 5.10 Å². The first-order valence-corrected chi connectivity index (χ1v) is 9.11. The first kappa shape index (κ1) is 15.9. The standard InChI is InChI=1S/C20H24N4O/c1-14-7-9-16(10-8-14)25-17-11-12-21-19-18(17)20(24-23-19)22-13-15-5-3-2-4-6-15/h7-12,15H,2-6,13H2,1H3,(H2,21,22,23,24). The highest BCUT2D eigenvalue weighted by Crippen LogP contribution is 2.33. The molecule has 0 spiro atoms. The molecule has 3 aromatic rings. The molecule has 0 unspecified atom stereocenters. The molecule has 5 nitrogen and oxygen atoms in total. The Balaban J connectivity index is 1.56. The molecule has 0 saturated heterocycles. The summed E-state index contributed by atoms with van der Waals surface area (Å²) in [7, 11) is 0. The second-order valence-corrected chi connectivity index (χ2v) is 6.90. The predicted molar refractivity (Wildman–Crippen MR) is 100 cm³/mol. The second-order valence-electron chi connectivity index (χ2n) is 6.90. The molecule has 25 heavy (non-hydrogen) atoms. The molecule has 1 aliphatic carbocycles. The van der Waals surface area contributed by atoms with E-state index in [1.54, 1.807) is 6.20 Å². The van der Waals surface area contributed by atoms with Crippen molar-refractivity contribution in [2.45, 2.75) is 39.0 Å². The number of anilines is 1. The van der Waals surface area contributed by atoms with Crippen molar-refractivity contribution in [1.82, 2.24) is 15.2 Å². The van der Waals surface area contributed by atoms with E-state index < -0.39 is 0 Å². The Bertz CT molecular complexity index is 835. The molecule has 2 aromatic heterocycles. The van der Waals surface area contributed by atoms with Gasteiger partial charge in [-0.05, 0) is 37.8 Å². The van der Waals surface area contributed by atoms with Crippen LogP contribution in [0.2, 0.25) is 0 Å². The van der Waals surface area contributed by atoms with Crippen LogP contribution in [-0.2, 0) is 0 Å². The smallest absolute Gasteiger partial charge is 0.161 e. The molecular formula is C20H24N4O. The van der Waals surface area contributed by atoms with Gasteiger partial charge in [0, 0.05) is 18.8 Å². The number of nitrogens with one attached hydrogen (secondary N) is 2. The number of aryl methyl sites for hydroxylation is 1. The molecule has 4 rings (SSSR count). The number of fused-ring (bicyclic) bond motifs is 1. The monoisotopic (exact) mass is 336 g/mol. The normalized spacial score (nSPS) is 15.4. The topological polar surface area (TPSA) is 62.8 Å². The first-order valence-electron chi connectivity index (χ1n) is 9.11. The number of hydrogen-bond donors (Lipinski definition) is 2. The van der Waals surface area contributed by atoms with Crippen LogP contribution in [0.1, 0.15) is 37.7 Å². The zero-order valence-electron chi connectivity index (χ0n) is 14.6. The summed E-state index contributed by atoms with van der Waals surface area (Å²) in [6.07, 6.45) is 8.42. The Hall–Kier alpha value is -2.56. The van der Waals surface area contributed by atoms with E-state index in [4.69, 9.17) is 4.74 Å². The molecule has 0 atom stereocenters. The fourth-order valence-electron chi connectivity index (χ4n) is 3.50. The summed E-state index contributed by atoms with van der Waals surface area (Å²) >= 11 is 0. The number of nitrogens with zero attached hydrogens (tertiary/aromatic N) is 2. The second kappa shape index (κ2) is 7.13. The first-order chi connectivity index (χ1) is 12.3. The third kappa shape index (κ3) is 3.60. The summed E-state index contributed by atoms with van der Waals surface area (Å²) < 4.78 is 6.10. The molecule has 1 aliphatic rings. The van der Waals surface area contributed by atoms with Gasteiger partial charge in [0.25, 0.3) is 0 Å². The van der Waals surface area contributed by atoms with E-state index in [-0.39, 0.29) is 0 Å². The molecular weight excluding hydrogens is 312 g/mol.